The number of hydrogen-bond acceptors (Lipinski definition) is 3. The molecule has 2 aliphatic heterocycles. The number of urea groups is 1. The van der Waals surface area contributed by atoms with Crippen LogP contribution < -0.4 is 10.6 Å². The lowest BCUT2D eigenvalue weighted by atomic mass is 10.2. The van der Waals surface area contributed by atoms with Gasteiger partial charge >= 0.3 is 6.03 Å². The van der Waals surface area contributed by atoms with Gasteiger partial charge in [0.05, 0.1) is 25.4 Å². The predicted octanol–water partition coefficient (Wildman–Crippen LogP) is 0.644. The molecule has 0 aliphatic carbocycles. The van der Waals surface area contributed by atoms with Crippen molar-refractivity contribution >= 4 is 6.03 Å². The maximum Gasteiger partial charge on any atom is 0.314 e. The Kier molecular flexibility index (Phi) is 4.42. The van der Waals surface area contributed by atoms with E-state index in [-0.39, 0.29) is 6.03 Å². The van der Waals surface area contributed by atoms with Crippen molar-refractivity contribution < 1.29 is 14.3 Å². The minimum atomic E-state index is -0.0616. The molecule has 2 fully saturated rings. The second-order valence-corrected chi connectivity index (χ2v) is 4.38. The molecule has 92 valence electrons. The molecule has 0 aromatic rings. The van der Waals surface area contributed by atoms with Crippen molar-refractivity contribution in [1.29, 1.82) is 0 Å². The molecule has 2 aliphatic rings. The van der Waals surface area contributed by atoms with Gasteiger partial charge in [-0.25, -0.2) is 4.79 Å². The van der Waals surface area contributed by atoms with Crippen molar-refractivity contribution in [2.75, 3.05) is 26.3 Å². The average Bonchev–Trinajstić information content (AvgIpc) is 3.14. The summed E-state index contributed by atoms with van der Waals surface area (Å²) in [6, 6.07) is -0.0616. The van der Waals surface area contributed by atoms with E-state index < -0.39 is 0 Å². The number of hydrogen-bond donors (Lipinski definition) is 2. The molecule has 5 nitrogen and oxygen atoms in total. The second-order valence-electron chi connectivity index (χ2n) is 4.38. The summed E-state index contributed by atoms with van der Waals surface area (Å²) in [6.45, 7) is 3.26. The zero-order valence-corrected chi connectivity index (χ0v) is 9.54. The molecule has 0 aromatic heterocycles. The molecule has 2 N–H and O–H groups in total. The Balaban J connectivity index is 1.34. The van der Waals surface area contributed by atoms with Gasteiger partial charge < -0.3 is 20.1 Å². The van der Waals surface area contributed by atoms with Gasteiger partial charge in [0.15, 0.2) is 0 Å². The molecule has 2 rings (SSSR count). The van der Waals surface area contributed by atoms with E-state index in [1.165, 1.54) is 0 Å². The molecule has 0 saturated carbocycles. The lowest BCUT2D eigenvalue weighted by molar-refractivity contribution is 0.240. The van der Waals surface area contributed by atoms with E-state index in [0.717, 1.165) is 52.0 Å². The number of rotatable bonds is 8. The Morgan fingerprint density at radius 1 is 1.00 bits per heavy atom. The van der Waals surface area contributed by atoms with Crippen LogP contribution >= 0.6 is 0 Å². The fraction of sp³-hybridized carbons (Fsp3) is 0.909. The van der Waals surface area contributed by atoms with Crippen LogP contribution in [-0.4, -0.2) is 44.5 Å². The second kappa shape index (κ2) is 6.06. The summed E-state index contributed by atoms with van der Waals surface area (Å²) in [5.74, 6) is 0. The lowest BCUT2D eigenvalue weighted by Gasteiger charge is -2.06. The van der Waals surface area contributed by atoms with Crippen LogP contribution in [-0.2, 0) is 9.47 Å². The molecule has 2 atom stereocenters. The molecule has 2 amide bonds. The molecule has 0 bridgehead atoms. The highest BCUT2D eigenvalue weighted by atomic mass is 16.6. The van der Waals surface area contributed by atoms with Crippen LogP contribution in [0.1, 0.15) is 25.7 Å². The summed E-state index contributed by atoms with van der Waals surface area (Å²) in [5, 5.41) is 5.67. The quantitative estimate of drug-likeness (QED) is 0.473. The average molecular weight is 228 g/mol. The van der Waals surface area contributed by atoms with Gasteiger partial charge in [0.1, 0.15) is 0 Å². The zero-order chi connectivity index (χ0) is 11.2. The third kappa shape index (κ3) is 5.32. The summed E-state index contributed by atoms with van der Waals surface area (Å²) in [4.78, 5) is 11.3. The van der Waals surface area contributed by atoms with Crippen LogP contribution in [0.5, 0.6) is 0 Å². The van der Waals surface area contributed by atoms with Gasteiger partial charge in [-0.3, -0.25) is 0 Å². The molecule has 2 heterocycles. The summed E-state index contributed by atoms with van der Waals surface area (Å²) >= 11 is 0. The van der Waals surface area contributed by atoms with Crippen molar-refractivity contribution in [1.82, 2.24) is 10.6 Å². The Hall–Kier alpha value is -0.810. The summed E-state index contributed by atoms with van der Waals surface area (Å²) in [6.07, 6.45) is 5.02. The van der Waals surface area contributed by atoms with Gasteiger partial charge in [-0.1, -0.05) is 0 Å². The summed E-state index contributed by atoms with van der Waals surface area (Å²) < 4.78 is 10.2. The predicted molar refractivity (Wildman–Crippen MR) is 59.3 cm³/mol. The van der Waals surface area contributed by atoms with E-state index in [4.69, 9.17) is 9.47 Å². The molecule has 0 radical (unpaired) electrons. The smallest absolute Gasteiger partial charge is 0.314 e. The molecule has 16 heavy (non-hydrogen) atoms. The van der Waals surface area contributed by atoms with E-state index in [0.29, 0.717) is 12.2 Å². The van der Waals surface area contributed by atoms with Gasteiger partial charge in [0, 0.05) is 13.1 Å². The standard InChI is InChI=1S/C11H20N2O3/c14-11(12-5-1-3-9-7-15-9)13-6-2-4-10-8-16-10/h9-10H,1-8H2,(H2,12,13,14). The van der Waals surface area contributed by atoms with Crippen LogP contribution in [0.2, 0.25) is 0 Å². The van der Waals surface area contributed by atoms with Crippen LogP contribution in [0, 0.1) is 0 Å². The van der Waals surface area contributed by atoms with Gasteiger partial charge in [-0.15, -0.1) is 0 Å². The first-order valence-electron chi connectivity index (χ1n) is 6.09. The number of nitrogens with one attached hydrogen (secondary N) is 2. The minimum absolute atomic E-state index is 0.0616. The highest BCUT2D eigenvalue weighted by molar-refractivity contribution is 5.73. The first kappa shape index (κ1) is 11.7. The lowest BCUT2D eigenvalue weighted by Crippen LogP contribution is -2.36. The van der Waals surface area contributed by atoms with E-state index in [1.807, 2.05) is 0 Å². The van der Waals surface area contributed by atoms with Crippen molar-refractivity contribution in [3.8, 4) is 0 Å². The maximum absolute atomic E-state index is 11.3. The Morgan fingerprint density at radius 2 is 1.44 bits per heavy atom. The largest absolute Gasteiger partial charge is 0.373 e. The zero-order valence-electron chi connectivity index (χ0n) is 9.54. The van der Waals surface area contributed by atoms with Gasteiger partial charge in [-0.05, 0) is 25.7 Å². The molecule has 0 aromatic carbocycles. The fourth-order valence-electron chi connectivity index (χ4n) is 1.60. The fourth-order valence-corrected chi connectivity index (χ4v) is 1.60. The topological polar surface area (TPSA) is 66.2 Å². The van der Waals surface area contributed by atoms with Crippen LogP contribution in [0.4, 0.5) is 4.79 Å². The number of carbonyl (C=O) groups is 1. The molecule has 2 saturated heterocycles. The van der Waals surface area contributed by atoms with Crippen molar-refractivity contribution in [3.63, 3.8) is 0 Å². The first-order valence-corrected chi connectivity index (χ1v) is 6.09. The van der Waals surface area contributed by atoms with Gasteiger partial charge in [-0.2, -0.15) is 0 Å². The Morgan fingerprint density at radius 3 is 1.81 bits per heavy atom. The van der Waals surface area contributed by atoms with Crippen molar-refractivity contribution in [2.24, 2.45) is 0 Å². The minimum Gasteiger partial charge on any atom is -0.373 e. The third-order valence-electron chi connectivity index (χ3n) is 2.78. The molecule has 0 spiro atoms. The normalized spacial score (nSPS) is 26.2. The molecule has 2 unspecified atom stereocenters. The van der Waals surface area contributed by atoms with Crippen LogP contribution in [0.15, 0.2) is 0 Å². The highest BCUT2D eigenvalue weighted by Crippen LogP contribution is 2.15. The molecule has 5 heteroatoms. The van der Waals surface area contributed by atoms with Gasteiger partial charge in [0.25, 0.3) is 0 Å². The molecular formula is C11H20N2O3. The number of epoxide rings is 2. The number of ether oxygens (including phenoxy) is 2. The van der Waals surface area contributed by atoms with Crippen LogP contribution in [0.25, 0.3) is 0 Å². The number of amides is 2. The van der Waals surface area contributed by atoms with Crippen molar-refractivity contribution in [2.45, 2.75) is 37.9 Å². The van der Waals surface area contributed by atoms with E-state index >= 15 is 0 Å². The highest BCUT2D eigenvalue weighted by Gasteiger charge is 2.21. The van der Waals surface area contributed by atoms with Crippen LogP contribution in [0.3, 0.4) is 0 Å². The number of carbonyl (C=O) groups excluding carboxylic acids is 1. The SMILES string of the molecule is O=C(NCCCC1CO1)NCCCC1CO1. The maximum atomic E-state index is 11.3. The summed E-state index contributed by atoms with van der Waals surface area (Å²) in [5.41, 5.74) is 0. The van der Waals surface area contributed by atoms with E-state index in [1.54, 1.807) is 0 Å². The van der Waals surface area contributed by atoms with Gasteiger partial charge in [0.2, 0.25) is 0 Å². The third-order valence-corrected chi connectivity index (χ3v) is 2.78. The first-order chi connectivity index (χ1) is 7.84. The van der Waals surface area contributed by atoms with E-state index in [2.05, 4.69) is 10.6 Å². The van der Waals surface area contributed by atoms with Crippen molar-refractivity contribution in [3.05, 3.63) is 0 Å². The summed E-state index contributed by atoms with van der Waals surface area (Å²) in [7, 11) is 0. The Bertz CT molecular complexity index is 205. The van der Waals surface area contributed by atoms with E-state index in [9.17, 15) is 4.79 Å². The molecular weight excluding hydrogens is 208 g/mol. The monoisotopic (exact) mass is 228 g/mol. The Labute approximate surface area is 95.9 Å².